The van der Waals surface area contributed by atoms with Crippen molar-refractivity contribution >= 4 is 41.7 Å². The zero-order chi connectivity index (χ0) is 16.6. The highest BCUT2D eigenvalue weighted by Crippen LogP contribution is 2.59. The summed E-state index contributed by atoms with van der Waals surface area (Å²) in [5, 5.41) is 3.91. The fourth-order valence-corrected chi connectivity index (χ4v) is 6.26. The van der Waals surface area contributed by atoms with Gasteiger partial charge in [-0.15, -0.1) is 6.58 Å². The van der Waals surface area contributed by atoms with Crippen LogP contribution in [0.2, 0.25) is 5.02 Å². The van der Waals surface area contributed by atoms with Crippen LogP contribution in [0.1, 0.15) is 20.3 Å². The molecule has 0 amide bonds. The third kappa shape index (κ3) is 5.81. The standard InChI is InChI=1S/C15H23ClN3OPS/c1-5-11-19(21(20,17-4)22-13(3)6-2)12-18-15-9-7-14(16)8-10-15/h5,7-10,12-13H,1,6,11H2,2-4H3,(H,17,20). The summed E-state index contributed by atoms with van der Waals surface area (Å²) in [7, 11) is 1.71. The fraction of sp³-hybridized carbons (Fsp3) is 0.400. The van der Waals surface area contributed by atoms with Gasteiger partial charge in [-0.3, -0.25) is 9.24 Å². The average Bonchev–Trinajstić information content (AvgIpc) is 2.52. The van der Waals surface area contributed by atoms with Crippen LogP contribution in [0.5, 0.6) is 0 Å². The Bertz CT molecular complexity index is 550. The van der Waals surface area contributed by atoms with Crippen LogP contribution >= 0.6 is 29.6 Å². The molecule has 0 bridgehead atoms. The van der Waals surface area contributed by atoms with Gasteiger partial charge in [0.25, 0.3) is 6.65 Å². The smallest absolute Gasteiger partial charge is 0.290 e. The maximum atomic E-state index is 13.1. The number of aliphatic imine (C=N–C) groups is 1. The number of hydrogen-bond donors (Lipinski definition) is 1. The Morgan fingerprint density at radius 2 is 2.14 bits per heavy atom. The molecule has 0 aliphatic heterocycles. The van der Waals surface area contributed by atoms with Crippen molar-refractivity contribution in [3.8, 4) is 0 Å². The van der Waals surface area contributed by atoms with Crippen molar-refractivity contribution in [2.24, 2.45) is 4.99 Å². The molecule has 1 aromatic rings. The van der Waals surface area contributed by atoms with Crippen LogP contribution in [0, 0.1) is 0 Å². The molecule has 2 atom stereocenters. The quantitative estimate of drug-likeness (QED) is 0.279. The summed E-state index contributed by atoms with van der Waals surface area (Å²) in [5.74, 6) is 0. The molecule has 0 spiro atoms. The monoisotopic (exact) mass is 359 g/mol. The van der Waals surface area contributed by atoms with Gasteiger partial charge >= 0.3 is 0 Å². The van der Waals surface area contributed by atoms with E-state index in [4.69, 9.17) is 11.6 Å². The molecule has 1 aromatic carbocycles. The van der Waals surface area contributed by atoms with Crippen molar-refractivity contribution in [3.63, 3.8) is 0 Å². The van der Waals surface area contributed by atoms with Crippen LogP contribution in [0.15, 0.2) is 41.9 Å². The van der Waals surface area contributed by atoms with Gasteiger partial charge in [0.2, 0.25) is 0 Å². The van der Waals surface area contributed by atoms with E-state index in [0.29, 0.717) is 11.6 Å². The lowest BCUT2D eigenvalue weighted by Crippen LogP contribution is -2.24. The highest BCUT2D eigenvalue weighted by molar-refractivity contribution is 8.57. The summed E-state index contributed by atoms with van der Waals surface area (Å²) in [6.07, 6.45) is 4.28. The molecule has 4 nitrogen and oxygen atoms in total. The van der Waals surface area contributed by atoms with Crippen molar-refractivity contribution in [3.05, 3.63) is 41.9 Å². The summed E-state index contributed by atoms with van der Waals surface area (Å²) >= 11 is 7.30. The highest BCUT2D eigenvalue weighted by atomic mass is 35.5. The van der Waals surface area contributed by atoms with Gasteiger partial charge in [0.1, 0.15) is 0 Å². The van der Waals surface area contributed by atoms with Crippen molar-refractivity contribution in [2.45, 2.75) is 25.5 Å². The van der Waals surface area contributed by atoms with E-state index in [1.54, 1.807) is 36.3 Å². The molecule has 22 heavy (non-hydrogen) atoms. The molecule has 0 aliphatic carbocycles. The number of halogens is 1. The first-order valence-electron chi connectivity index (χ1n) is 7.10. The fourth-order valence-electron chi connectivity index (χ4n) is 1.58. The SMILES string of the molecule is C=CCN(C=Nc1ccc(Cl)cc1)P(=O)(NC)SC(C)CC. The Morgan fingerprint density at radius 1 is 1.50 bits per heavy atom. The van der Waals surface area contributed by atoms with E-state index in [1.807, 2.05) is 12.1 Å². The predicted molar refractivity (Wildman–Crippen MR) is 101 cm³/mol. The summed E-state index contributed by atoms with van der Waals surface area (Å²) in [6, 6.07) is 7.18. The van der Waals surface area contributed by atoms with E-state index in [2.05, 4.69) is 30.5 Å². The van der Waals surface area contributed by atoms with E-state index >= 15 is 0 Å². The van der Waals surface area contributed by atoms with Gasteiger partial charge in [0, 0.05) is 16.8 Å². The minimum Gasteiger partial charge on any atom is -0.290 e. The van der Waals surface area contributed by atoms with Crippen LogP contribution in [-0.4, -0.2) is 29.9 Å². The van der Waals surface area contributed by atoms with Gasteiger partial charge in [-0.1, -0.05) is 42.9 Å². The average molecular weight is 360 g/mol. The molecule has 0 radical (unpaired) electrons. The molecule has 0 saturated carbocycles. The van der Waals surface area contributed by atoms with Crippen molar-refractivity contribution in [2.75, 3.05) is 13.6 Å². The first kappa shape index (κ1) is 19.3. The number of rotatable bonds is 9. The maximum Gasteiger partial charge on any atom is 0.293 e. The molecule has 0 aromatic heterocycles. The topological polar surface area (TPSA) is 44.7 Å². The van der Waals surface area contributed by atoms with Crippen LogP contribution in [-0.2, 0) is 4.57 Å². The van der Waals surface area contributed by atoms with Crippen molar-refractivity contribution in [1.82, 2.24) is 9.76 Å². The van der Waals surface area contributed by atoms with E-state index in [0.717, 1.165) is 12.1 Å². The summed E-state index contributed by atoms with van der Waals surface area (Å²) in [5.41, 5.74) is 0.759. The van der Waals surface area contributed by atoms with Crippen molar-refractivity contribution < 1.29 is 4.57 Å². The van der Waals surface area contributed by atoms with Gasteiger partial charge in [-0.25, -0.2) is 10.1 Å². The molecular weight excluding hydrogens is 337 g/mol. The molecule has 1 rings (SSSR count). The van der Waals surface area contributed by atoms with E-state index < -0.39 is 6.65 Å². The van der Waals surface area contributed by atoms with Crippen LogP contribution in [0.4, 0.5) is 5.69 Å². The van der Waals surface area contributed by atoms with Gasteiger partial charge in [0.15, 0.2) is 0 Å². The Balaban J connectivity index is 2.97. The van der Waals surface area contributed by atoms with Gasteiger partial charge in [0.05, 0.1) is 12.0 Å². The molecule has 7 heteroatoms. The normalized spacial score (nSPS) is 15.5. The number of benzene rings is 1. The lowest BCUT2D eigenvalue weighted by Gasteiger charge is -2.29. The molecule has 0 saturated heterocycles. The third-order valence-electron chi connectivity index (χ3n) is 3.00. The lowest BCUT2D eigenvalue weighted by atomic mass is 10.3. The highest BCUT2D eigenvalue weighted by Gasteiger charge is 2.29. The Morgan fingerprint density at radius 3 is 2.64 bits per heavy atom. The van der Waals surface area contributed by atoms with Crippen LogP contribution in [0.3, 0.4) is 0 Å². The minimum atomic E-state index is -2.79. The summed E-state index contributed by atoms with van der Waals surface area (Å²) in [6.45, 7) is 5.55. The maximum absolute atomic E-state index is 13.1. The van der Waals surface area contributed by atoms with Gasteiger partial charge in [-0.2, -0.15) is 0 Å². The summed E-state index contributed by atoms with van der Waals surface area (Å²) in [4.78, 5) is 4.38. The predicted octanol–water partition coefficient (Wildman–Crippen LogP) is 5.35. The van der Waals surface area contributed by atoms with Crippen molar-refractivity contribution in [1.29, 1.82) is 0 Å². The molecule has 122 valence electrons. The molecule has 2 unspecified atom stereocenters. The molecule has 0 heterocycles. The largest absolute Gasteiger partial charge is 0.293 e. The zero-order valence-electron chi connectivity index (χ0n) is 13.2. The lowest BCUT2D eigenvalue weighted by molar-refractivity contribution is 0.542. The second-order valence-corrected chi connectivity index (χ2v) is 10.3. The van der Waals surface area contributed by atoms with E-state index in [-0.39, 0.29) is 5.25 Å². The van der Waals surface area contributed by atoms with Gasteiger partial charge < -0.3 is 0 Å². The van der Waals surface area contributed by atoms with E-state index in [9.17, 15) is 4.57 Å². The van der Waals surface area contributed by atoms with Gasteiger partial charge in [-0.05, 0) is 37.7 Å². The zero-order valence-corrected chi connectivity index (χ0v) is 15.7. The van der Waals surface area contributed by atoms with Crippen LogP contribution in [0.25, 0.3) is 0 Å². The Kier molecular flexibility index (Phi) is 8.26. The second kappa shape index (κ2) is 9.41. The Hall–Kier alpha value is -0.740. The summed E-state index contributed by atoms with van der Waals surface area (Å²) < 4.78 is 14.8. The number of hydrogen-bond acceptors (Lipinski definition) is 3. The second-order valence-electron chi connectivity index (χ2n) is 4.70. The molecular formula is C15H23ClN3OPS. The third-order valence-corrected chi connectivity index (χ3v) is 8.85. The molecule has 0 fully saturated rings. The number of nitrogens with zero attached hydrogens (tertiary/aromatic N) is 2. The molecule has 1 N–H and O–H groups in total. The first-order chi connectivity index (χ1) is 10.4. The molecule has 0 aliphatic rings. The number of nitrogens with one attached hydrogen (secondary N) is 1. The van der Waals surface area contributed by atoms with E-state index in [1.165, 1.54) is 11.4 Å². The first-order valence-corrected chi connectivity index (χ1v) is 10.6. The van der Waals surface area contributed by atoms with Crippen LogP contribution < -0.4 is 5.09 Å². The minimum absolute atomic E-state index is 0.287. The Labute approximate surface area is 142 Å².